The Morgan fingerprint density at radius 3 is 2.90 bits per heavy atom. The lowest BCUT2D eigenvalue weighted by Crippen LogP contribution is -2.23. The maximum atomic E-state index is 5.02. The van der Waals surface area contributed by atoms with E-state index in [2.05, 4.69) is 51.2 Å². The van der Waals surface area contributed by atoms with Gasteiger partial charge < -0.3 is 9.51 Å². The zero-order valence-electron chi connectivity index (χ0n) is 11.8. The third kappa shape index (κ3) is 2.58. The molecule has 2 heterocycles. The van der Waals surface area contributed by atoms with E-state index in [0.717, 1.165) is 18.9 Å². The predicted octanol–water partition coefficient (Wildman–Crippen LogP) is 2.88. The number of para-hydroxylation sites is 1. The highest BCUT2D eigenvalue weighted by Crippen LogP contribution is 2.19. The van der Waals surface area contributed by atoms with Gasteiger partial charge in [0, 0.05) is 25.2 Å². The summed E-state index contributed by atoms with van der Waals surface area (Å²) in [5.74, 6) is 1.35. The molecular formula is C15H18N4O. The van der Waals surface area contributed by atoms with Gasteiger partial charge in [-0.3, -0.25) is 4.90 Å². The standard InChI is InChI=1S/C15H18N4O/c1-3-19(10-14-17-11(2)20-18-14)9-13-6-4-5-12-7-8-16-15(12)13/h4-8,16H,3,9-10H2,1-2H3. The summed E-state index contributed by atoms with van der Waals surface area (Å²) in [6, 6.07) is 8.46. The van der Waals surface area contributed by atoms with Gasteiger partial charge in [-0.25, -0.2) is 0 Å². The molecule has 20 heavy (non-hydrogen) atoms. The minimum absolute atomic E-state index is 0.613. The van der Waals surface area contributed by atoms with Crippen molar-refractivity contribution < 1.29 is 4.52 Å². The second-order valence-corrected chi connectivity index (χ2v) is 4.89. The molecule has 0 saturated carbocycles. The average molecular weight is 270 g/mol. The molecule has 0 aliphatic heterocycles. The molecule has 104 valence electrons. The molecule has 0 amide bonds. The van der Waals surface area contributed by atoms with E-state index >= 15 is 0 Å². The van der Waals surface area contributed by atoms with Gasteiger partial charge in [-0.15, -0.1) is 0 Å². The molecule has 0 atom stereocenters. The van der Waals surface area contributed by atoms with E-state index in [9.17, 15) is 0 Å². The molecule has 0 aliphatic carbocycles. The van der Waals surface area contributed by atoms with E-state index < -0.39 is 0 Å². The van der Waals surface area contributed by atoms with Crippen molar-refractivity contribution in [2.45, 2.75) is 26.9 Å². The Labute approximate surface area is 117 Å². The highest BCUT2D eigenvalue weighted by atomic mass is 16.5. The van der Waals surface area contributed by atoms with Crippen molar-refractivity contribution in [3.8, 4) is 0 Å². The van der Waals surface area contributed by atoms with Gasteiger partial charge >= 0.3 is 0 Å². The van der Waals surface area contributed by atoms with Crippen molar-refractivity contribution in [1.82, 2.24) is 20.0 Å². The van der Waals surface area contributed by atoms with Gasteiger partial charge in [0.15, 0.2) is 5.82 Å². The number of nitrogens with zero attached hydrogens (tertiary/aromatic N) is 3. The molecule has 0 fully saturated rings. The number of nitrogens with one attached hydrogen (secondary N) is 1. The van der Waals surface area contributed by atoms with Crippen LogP contribution in [0.3, 0.4) is 0 Å². The number of hydrogen-bond acceptors (Lipinski definition) is 4. The van der Waals surface area contributed by atoms with Gasteiger partial charge in [0.1, 0.15) is 0 Å². The fraction of sp³-hybridized carbons (Fsp3) is 0.333. The van der Waals surface area contributed by atoms with Crippen LogP contribution in [-0.2, 0) is 13.1 Å². The fourth-order valence-electron chi connectivity index (χ4n) is 2.41. The number of H-pyrrole nitrogens is 1. The number of rotatable bonds is 5. The van der Waals surface area contributed by atoms with Gasteiger partial charge in [0.25, 0.3) is 0 Å². The van der Waals surface area contributed by atoms with Crippen molar-refractivity contribution in [3.63, 3.8) is 0 Å². The zero-order chi connectivity index (χ0) is 13.9. The molecule has 2 aromatic heterocycles. The molecule has 0 spiro atoms. The van der Waals surface area contributed by atoms with Crippen LogP contribution in [0.25, 0.3) is 10.9 Å². The summed E-state index contributed by atoms with van der Waals surface area (Å²) < 4.78 is 5.02. The van der Waals surface area contributed by atoms with Gasteiger partial charge in [-0.05, 0) is 23.6 Å². The smallest absolute Gasteiger partial charge is 0.223 e. The highest BCUT2D eigenvalue weighted by molar-refractivity contribution is 5.82. The minimum Gasteiger partial charge on any atom is -0.361 e. The zero-order valence-corrected chi connectivity index (χ0v) is 11.8. The Balaban J connectivity index is 1.79. The third-order valence-electron chi connectivity index (χ3n) is 3.45. The summed E-state index contributed by atoms with van der Waals surface area (Å²) in [6.07, 6.45) is 1.98. The van der Waals surface area contributed by atoms with Crippen LogP contribution in [0.4, 0.5) is 0 Å². The lowest BCUT2D eigenvalue weighted by Gasteiger charge is -2.18. The van der Waals surface area contributed by atoms with Crippen LogP contribution in [0.1, 0.15) is 24.2 Å². The van der Waals surface area contributed by atoms with Crippen molar-refractivity contribution in [3.05, 3.63) is 47.7 Å². The first-order valence-corrected chi connectivity index (χ1v) is 6.83. The Kier molecular flexibility index (Phi) is 3.52. The Morgan fingerprint density at radius 1 is 1.25 bits per heavy atom. The van der Waals surface area contributed by atoms with Gasteiger partial charge in [0.05, 0.1) is 6.54 Å². The maximum absolute atomic E-state index is 5.02. The molecule has 5 heteroatoms. The number of fused-ring (bicyclic) bond motifs is 1. The first-order chi connectivity index (χ1) is 9.76. The SMILES string of the molecule is CCN(Cc1noc(C)n1)Cc1cccc2cc[nH]c12. The summed E-state index contributed by atoms with van der Waals surface area (Å²) in [5.41, 5.74) is 2.49. The van der Waals surface area contributed by atoms with E-state index in [4.69, 9.17) is 4.52 Å². The van der Waals surface area contributed by atoms with Gasteiger partial charge in [-0.1, -0.05) is 30.3 Å². The monoisotopic (exact) mass is 270 g/mol. The van der Waals surface area contributed by atoms with E-state index in [1.807, 2.05) is 13.1 Å². The average Bonchev–Trinajstić information content (AvgIpc) is 3.07. The maximum Gasteiger partial charge on any atom is 0.223 e. The number of hydrogen-bond donors (Lipinski definition) is 1. The van der Waals surface area contributed by atoms with E-state index in [-0.39, 0.29) is 0 Å². The molecule has 1 N–H and O–H groups in total. The predicted molar refractivity (Wildman–Crippen MR) is 77.1 cm³/mol. The molecule has 3 rings (SSSR count). The fourth-order valence-corrected chi connectivity index (χ4v) is 2.41. The van der Waals surface area contributed by atoms with Crippen LogP contribution >= 0.6 is 0 Å². The Morgan fingerprint density at radius 2 is 2.15 bits per heavy atom. The van der Waals surface area contributed by atoms with Crippen molar-refractivity contribution in [1.29, 1.82) is 0 Å². The molecule has 0 bridgehead atoms. The summed E-state index contributed by atoms with van der Waals surface area (Å²) in [7, 11) is 0. The first kappa shape index (κ1) is 12.9. The molecular weight excluding hydrogens is 252 g/mol. The molecule has 3 aromatic rings. The van der Waals surface area contributed by atoms with Crippen molar-refractivity contribution in [2.24, 2.45) is 0 Å². The van der Waals surface area contributed by atoms with Crippen molar-refractivity contribution >= 4 is 10.9 Å². The lowest BCUT2D eigenvalue weighted by molar-refractivity contribution is 0.259. The normalized spacial score (nSPS) is 11.6. The number of aryl methyl sites for hydroxylation is 1. The second-order valence-electron chi connectivity index (χ2n) is 4.89. The largest absolute Gasteiger partial charge is 0.361 e. The van der Waals surface area contributed by atoms with E-state index in [1.54, 1.807) is 0 Å². The second kappa shape index (κ2) is 5.46. The lowest BCUT2D eigenvalue weighted by atomic mass is 10.1. The van der Waals surface area contributed by atoms with Gasteiger partial charge in [-0.2, -0.15) is 4.98 Å². The van der Waals surface area contributed by atoms with Crippen LogP contribution in [0.5, 0.6) is 0 Å². The minimum atomic E-state index is 0.613. The number of aromatic amines is 1. The molecule has 0 saturated heterocycles. The summed E-state index contributed by atoms with van der Waals surface area (Å²) in [4.78, 5) is 9.87. The quantitative estimate of drug-likeness (QED) is 0.774. The van der Waals surface area contributed by atoms with Crippen molar-refractivity contribution in [2.75, 3.05) is 6.54 Å². The van der Waals surface area contributed by atoms with E-state index in [0.29, 0.717) is 12.4 Å². The molecule has 0 radical (unpaired) electrons. The summed E-state index contributed by atoms with van der Waals surface area (Å²) in [5, 5.41) is 5.21. The molecule has 0 aliphatic rings. The van der Waals surface area contributed by atoms with E-state index in [1.165, 1.54) is 16.5 Å². The number of aromatic nitrogens is 3. The first-order valence-electron chi connectivity index (χ1n) is 6.83. The summed E-state index contributed by atoms with van der Waals surface area (Å²) in [6.45, 7) is 6.45. The van der Waals surface area contributed by atoms with Crippen LogP contribution in [0, 0.1) is 6.92 Å². The Bertz CT molecular complexity index is 701. The van der Waals surface area contributed by atoms with Crippen LogP contribution in [-0.4, -0.2) is 26.6 Å². The van der Waals surface area contributed by atoms with Crippen LogP contribution in [0.2, 0.25) is 0 Å². The molecule has 5 nitrogen and oxygen atoms in total. The van der Waals surface area contributed by atoms with Crippen LogP contribution < -0.4 is 0 Å². The topological polar surface area (TPSA) is 58.0 Å². The highest BCUT2D eigenvalue weighted by Gasteiger charge is 2.11. The number of benzene rings is 1. The molecule has 1 aromatic carbocycles. The Hall–Kier alpha value is -2.14. The van der Waals surface area contributed by atoms with Gasteiger partial charge in [0.2, 0.25) is 5.89 Å². The third-order valence-corrected chi connectivity index (χ3v) is 3.45. The van der Waals surface area contributed by atoms with Crippen LogP contribution in [0.15, 0.2) is 35.0 Å². The summed E-state index contributed by atoms with van der Waals surface area (Å²) >= 11 is 0. The molecule has 0 unspecified atom stereocenters.